The molecule has 5 rings (SSSR count). The number of rotatable bonds is 8. The second-order valence-electron chi connectivity index (χ2n) is 9.53. The average Bonchev–Trinajstić information content (AvgIpc) is 3.41. The standard InChI is InChI=1S/C26H37N3O3.CH2O2/c1-30-24-17-22-20-7-2-3-8-21(20)26(27-19-9-15-31-16-10-19)28-23(22)18-25(24)32-14-6-13-29-11-4-5-12-29;2-1-3/h17-19H,2-16H2,1H3,(H,27,28);1H,(H,2,3). The zero-order valence-corrected chi connectivity index (χ0v) is 20.9. The van der Waals surface area contributed by atoms with Gasteiger partial charge in [-0.15, -0.1) is 0 Å². The highest BCUT2D eigenvalue weighted by Crippen LogP contribution is 2.39. The zero-order valence-electron chi connectivity index (χ0n) is 20.9. The summed E-state index contributed by atoms with van der Waals surface area (Å²) in [7, 11) is 1.74. The Morgan fingerprint density at radius 2 is 1.83 bits per heavy atom. The van der Waals surface area contributed by atoms with E-state index in [2.05, 4.69) is 22.3 Å². The monoisotopic (exact) mass is 485 g/mol. The maximum Gasteiger partial charge on any atom is 0.290 e. The van der Waals surface area contributed by atoms with Gasteiger partial charge in [0.2, 0.25) is 0 Å². The first-order valence-corrected chi connectivity index (χ1v) is 13.0. The van der Waals surface area contributed by atoms with Crippen molar-refractivity contribution in [3.63, 3.8) is 0 Å². The Morgan fingerprint density at radius 1 is 1.11 bits per heavy atom. The van der Waals surface area contributed by atoms with E-state index in [-0.39, 0.29) is 6.47 Å². The average molecular weight is 486 g/mol. The number of aryl methyl sites for hydroxylation is 1. The van der Waals surface area contributed by atoms with Crippen LogP contribution in [0.4, 0.5) is 5.82 Å². The predicted octanol–water partition coefficient (Wildman–Crippen LogP) is 4.28. The molecule has 2 saturated heterocycles. The van der Waals surface area contributed by atoms with Gasteiger partial charge in [0, 0.05) is 37.3 Å². The Bertz CT molecular complexity index is 971. The van der Waals surface area contributed by atoms with Crippen LogP contribution < -0.4 is 14.8 Å². The van der Waals surface area contributed by atoms with Gasteiger partial charge in [-0.2, -0.15) is 0 Å². The molecule has 3 aliphatic rings. The van der Waals surface area contributed by atoms with Crippen molar-refractivity contribution < 1.29 is 24.1 Å². The molecule has 35 heavy (non-hydrogen) atoms. The number of carbonyl (C=O) groups is 1. The molecule has 0 atom stereocenters. The van der Waals surface area contributed by atoms with Gasteiger partial charge >= 0.3 is 0 Å². The SMILES string of the molecule is COc1cc2c3c(c(NC4CCOCC4)nc2cc1OCCCN1CCCC1)CCCC3.O=CO. The van der Waals surface area contributed by atoms with Gasteiger partial charge in [0.05, 0.1) is 19.2 Å². The highest BCUT2D eigenvalue weighted by Gasteiger charge is 2.23. The molecule has 0 unspecified atom stereocenters. The van der Waals surface area contributed by atoms with Gasteiger partial charge in [0.15, 0.2) is 11.5 Å². The van der Waals surface area contributed by atoms with E-state index in [1.807, 2.05) is 0 Å². The molecule has 192 valence electrons. The van der Waals surface area contributed by atoms with Crippen LogP contribution in [0.3, 0.4) is 0 Å². The highest BCUT2D eigenvalue weighted by molar-refractivity contribution is 5.89. The normalized spacial score (nSPS) is 18.4. The lowest BCUT2D eigenvalue weighted by atomic mass is 9.89. The number of likely N-dealkylation sites (tertiary alicyclic amines) is 1. The molecule has 3 heterocycles. The number of ether oxygens (including phenoxy) is 3. The van der Waals surface area contributed by atoms with Crippen LogP contribution in [-0.2, 0) is 22.4 Å². The number of hydrogen-bond acceptors (Lipinski definition) is 7. The molecule has 0 radical (unpaired) electrons. The predicted molar refractivity (Wildman–Crippen MR) is 137 cm³/mol. The van der Waals surface area contributed by atoms with Crippen molar-refractivity contribution >= 4 is 23.2 Å². The Balaban J connectivity index is 0.000000917. The number of nitrogens with zero attached hydrogens (tertiary/aromatic N) is 2. The Hall–Kier alpha value is -2.58. The van der Waals surface area contributed by atoms with E-state index in [1.54, 1.807) is 7.11 Å². The molecular formula is C27H39N3O5. The molecule has 8 heteroatoms. The van der Waals surface area contributed by atoms with Crippen LogP contribution in [0.5, 0.6) is 11.5 Å². The van der Waals surface area contributed by atoms with Crippen molar-refractivity contribution in [3.05, 3.63) is 23.3 Å². The topological polar surface area (TPSA) is 93.2 Å². The van der Waals surface area contributed by atoms with Crippen molar-refractivity contribution in [1.82, 2.24) is 9.88 Å². The molecule has 2 aliphatic heterocycles. The van der Waals surface area contributed by atoms with Crippen molar-refractivity contribution in [2.24, 2.45) is 0 Å². The Kier molecular flexibility index (Phi) is 9.42. The largest absolute Gasteiger partial charge is 0.493 e. The van der Waals surface area contributed by atoms with Crippen LogP contribution in [0.25, 0.3) is 10.9 Å². The first kappa shape index (κ1) is 25.5. The fraction of sp³-hybridized carbons (Fsp3) is 0.630. The quantitative estimate of drug-likeness (QED) is 0.423. The van der Waals surface area contributed by atoms with E-state index < -0.39 is 0 Å². The number of aromatic nitrogens is 1. The third-order valence-corrected chi connectivity index (χ3v) is 7.23. The number of nitrogens with one attached hydrogen (secondary N) is 1. The molecule has 1 aromatic heterocycles. The molecule has 2 aromatic rings. The minimum atomic E-state index is -0.250. The smallest absolute Gasteiger partial charge is 0.290 e. The van der Waals surface area contributed by atoms with E-state index in [0.29, 0.717) is 12.6 Å². The van der Waals surface area contributed by atoms with E-state index in [0.717, 1.165) is 74.7 Å². The van der Waals surface area contributed by atoms with Crippen molar-refractivity contribution in [3.8, 4) is 11.5 Å². The van der Waals surface area contributed by atoms with Crippen molar-refractivity contribution in [2.45, 2.75) is 63.8 Å². The number of anilines is 1. The number of fused-ring (bicyclic) bond motifs is 3. The van der Waals surface area contributed by atoms with Gasteiger partial charge in [0.25, 0.3) is 6.47 Å². The maximum atomic E-state index is 8.36. The summed E-state index contributed by atoms with van der Waals surface area (Å²) < 4.78 is 17.5. The van der Waals surface area contributed by atoms with Crippen LogP contribution in [-0.4, -0.2) is 74.1 Å². The summed E-state index contributed by atoms with van der Waals surface area (Å²) in [5.41, 5.74) is 3.85. The summed E-state index contributed by atoms with van der Waals surface area (Å²) in [5, 5.41) is 11.9. The summed E-state index contributed by atoms with van der Waals surface area (Å²) in [6, 6.07) is 4.69. The highest BCUT2D eigenvalue weighted by atomic mass is 16.5. The summed E-state index contributed by atoms with van der Waals surface area (Å²) >= 11 is 0. The fourth-order valence-corrected chi connectivity index (χ4v) is 5.44. The molecular weight excluding hydrogens is 446 g/mol. The van der Waals surface area contributed by atoms with Gasteiger partial charge in [-0.1, -0.05) is 0 Å². The number of carboxylic acid groups (broad SMARTS) is 1. The molecule has 0 amide bonds. The lowest BCUT2D eigenvalue weighted by Gasteiger charge is -2.27. The third-order valence-electron chi connectivity index (χ3n) is 7.23. The number of pyridine rings is 1. The third kappa shape index (κ3) is 6.55. The first-order chi connectivity index (χ1) is 17.2. The van der Waals surface area contributed by atoms with Gasteiger partial charge in [-0.25, -0.2) is 4.98 Å². The van der Waals surface area contributed by atoms with E-state index >= 15 is 0 Å². The van der Waals surface area contributed by atoms with Crippen LogP contribution >= 0.6 is 0 Å². The maximum absolute atomic E-state index is 8.36. The van der Waals surface area contributed by atoms with E-state index in [4.69, 9.17) is 29.1 Å². The van der Waals surface area contributed by atoms with Crippen molar-refractivity contribution in [1.29, 1.82) is 0 Å². The lowest BCUT2D eigenvalue weighted by molar-refractivity contribution is -0.122. The van der Waals surface area contributed by atoms with Crippen molar-refractivity contribution in [2.75, 3.05) is 51.9 Å². The molecule has 0 spiro atoms. The number of methoxy groups -OCH3 is 1. The van der Waals surface area contributed by atoms with Crippen LogP contribution in [0, 0.1) is 0 Å². The minimum absolute atomic E-state index is 0.250. The minimum Gasteiger partial charge on any atom is -0.493 e. The zero-order chi connectivity index (χ0) is 24.5. The lowest BCUT2D eigenvalue weighted by Crippen LogP contribution is -2.29. The van der Waals surface area contributed by atoms with Crippen LogP contribution in [0.15, 0.2) is 12.1 Å². The second kappa shape index (κ2) is 12.9. The van der Waals surface area contributed by atoms with E-state index in [1.165, 1.54) is 55.3 Å². The molecule has 2 N–H and O–H groups in total. The Morgan fingerprint density at radius 3 is 2.54 bits per heavy atom. The molecule has 2 fully saturated rings. The number of benzene rings is 1. The molecule has 1 aliphatic carbocycles. The Labute approximate surface area is 207 Å². The molecule has 1 aromatic carbocycles. The molecule has 0 saturated carbocycles. The first-order valence-electron chi connectivity index (χ1n) is 13.0. The second-order valence-corrected chi connectivity index (χ2v) is 9.53. The van der Waals surface area contributed by atoms with Gasteiger partial charge < -0.3 is 29.5 Å². The molecule has 8 nitrogen and oxygen atoms in total. The summed E-state index contributed by atoms with van der Waals surface area (Å²) in [6.07, 6.45) is 10.5. The van der Waals surface area contributed by atoms with E-state index in [9.17, 15) is 0 Å². The summed E-state index contributed by atoms with van der Waals surface area (Å²) in [6.45, 7) is 5.70. The number of hydrogen-bond donors (Lipinski definition) is 2. The van der Waals surface area contributed by atoms with Crippen LogP contribution in [0.1, 0.15) is 56.1 Å². The van der Waals surface area contributed by atoms with Gasteiger partial charge in [0.1, 0.15) is 5.82 Å². The van der Waals surface area contributed by atoms with Crippen LogP contribution in [0.2, 0.25) is 0 Å². The summed E-state index contributed by atoms with van der Waals surface area (Å²) in [4.78, 5) is 16.0. The summed E-state index contributed by atoms with van der Waals surface area (Å²) in [5.74, 6) is 2.70. The molecule has 0 bridgehead atoms. The van der Waals surface area contributed by atoms with Gasteiger partial charge in [-0.3, -0.25) is 4.79 Å². The fourth-order valence-electron chi connectivity index (χ4n) is 5.44. The van der Waals surface area contributed by atoms with Gasteiger partial charge in [-0.05, 0) is 88.1 Å².